The number of aryl methyl sites for hydroxylation is 1. The van der Waals surface area contributed by atoms with E-state index in [1.165, 1.54) is 12.8 Å². The third kappa shape index (κ3) is 5.73. The molecule has 3 nitrogen and oxygen atoms in total. The minimum Gasteiger partial charge on any atom is -0.508 e. The molecule has 0 aromatic heterocycles. The number of carbonyl (C=O) groups is 1. The number of aromatic hydroxyl groups is 1. The molecule has 1 unspecified atom stereocenters. The highest BCUT2D eigenvalue weighted by Gasteiger charge is 2.14. The number of para-hydroxylation sites is 1. The fourth-order valence-corrected chi connectivity index (χ4v) is 2.84. The van der Waals surface area contributed by atoms with Gasteiger partial charge in [-0.1, -0.05) is 74.7 Å². The number of unbranched alkanes of at least 4 members (excludes halogenated alkanes) is 2. The summed E-state index contributed by atoms with van der Waals surface area (Å²) in [6.07, 6.45) is 5.35. The molecule has 24 heavy (non-hydrogen) atoms. The number of phenolic OH excluding ortho intramolecular Hbond substituents is 1. The van der Waals surface area contributed by atoms with Gasteiger partial charge in [-0.3, -0.25) is 4.79 Å². The minimum absolute atomic E-state index is 0.0311. The average molecular weight is 325 g/mol. The summed E-state index contributed by atoms with van der Waals surface area (Å²) >= 11 is 0. The van der Waals surface area contributed by atoms with Gasteiger partial charge in [-0.15, -0.1) is 0 Å². The third-order valence-corrected chi connectivity index (χ3v) is 4.25. The van der Waals surface area contributed by atoms with Crippen molar-refractivity contribution in [2.45, 2.75) is 51.5 Å². The third-order valence-electron chi connectivity index (χ3n) is 4.25. The van der Waals surface area contributed by atoms with Crippen LogP contribution in [0.25, 0.3) is 0 Å². The fourth-order valence-electron chi connectivity index (χ4n) is 2.84. The van der Waals surface area contributed by atoms with Gasteiger partial charge in [-0.25, -0.2) is 0 Å². The molecule has 0 saturated carbocycles. The molecule has 2 N–H and O–H groups in total. The number of nitrogens with one attached hydrogen (secondary N) is 1. The van der Waals surface area contributed by atoms with Crippen LogP contribution >= 0.6 is 0 Å². The highest BCUT2D eigenvalue weighted by Crippen LogP contribution is 2.21. The first kappa shape index (κ1) is 18.1. The second-order valence-corrected chi connectivity index (χ2v) is 6.16. The van der Waals surface area contributed by atoms with Gasteiger partial charge in [0.15, 0.2) is 0 Å². The van der Waals surface area contributed by atoms with Crippen LogP contribution in [0.5, 0.6) is 5.75 Å². The van der Waals surface area contributed by atoms with Crippen LogP contribution in [0.3, 0.4) is 0 Å². The van der Waals surface area contributed by atoms with Gasteiger partial charge in [0.1, 0.15) is 5.75 Å². The number of amides is 1. The van der Waals surface area contributed by atoms with E-state index in [0.717, 1.165) is 24.0 Å². The lowest BCUT2D eigenvalue weighted by Gasteiger charge is -2.19. The lowest BCUT2D eigenvalue weighted by atomic mass is 10.00. The zero-order valence-electron chi connectivity index (χ0n) is 14.4. The molecule has 3 heteroatoms. The number of rotatable bonds is 9. The van der Waals surface area contributed by atoms with E-state index in [4.69, 9.17) is 0 Å². The van der Waals surface area contributed by atoms with Crippen LogP contribution in [-0.4, -0.2) is 11.0 Å². The zero-order chi connectivity index (χ0) is 17.2. The van der Waals surface area contributed by atoms with Crippen LogP contribution < -0.4 is 5.32 Å². The maximum absolute atomic E-state index is 12.4. The van der Waals surface area contributed by atoms with Gasteiger partial charge >= 0.3 is 0 Å². The molecule has 128 valence electrons. The van der Waals surface area contributed by atoms with Crippen molar-refractivity contribution in [1.29, 1.82) is 0 Å². The molecule has 0 spiro atoms. The van der Waals surface area contributed by atoms with Crippen LogP contribution in [0.2, 0.25) is 0 Å². The summed E-state index contributed by atoms with van der Waals surface area (Å²) in [7, 11) is 0. The highest BCUT2D eigenvalue weighted by atomic mass is 16.3. The molecule has 0 aliphatic rings. The van der Waals surface area contributed by atoms with Crippen molar-refractivity contribution in [3.05, 3.63) is 65.7 Å². The van der Waals surface area contributed by atoms with Crippen LogP contribution in [0.4, 0.5) is 0 Å². The van der Waals surface area contributed by atoms with E-state index < -0.39 is 0 Å². The number of phenols is 1. The Kier molecular flexibility index (Phi) is 7.34. The van der Waals surface area contributed by atoms with Crippen molar-refractivity contribution in [2.24, 2.45) is 0 Å². The summed E-state index contributed by atoms with van der Waals surface area (Å²) in [5.74, 6) is 0.288. The molecule has 0 heterocycles. The number of benzene rings is 2. The molecule has 1 amide bonds. The van der Waals surface area contributed by atoms with Crippen molar-refractivity contribution in [3.8, 4) is 5.75 Å². The van der Waals surface area contributed by atoms with Gasteiger partial charge in [0.05, 0.1) is 6.04 Å². The monoisotopic (exact) mass is 325 g/mol. The molecule has 2 rings (SSSR count). The summed E-state index contributed by atoms with van der Waals surface area (Å²) in [5.41, 5.74) is 1.97. The Labute approximate surface area is 144 Å². The average Bonchev–Trinajstić information content (AvgIpc) is 2.61. The van der Waals surface area contributed by atoms with Gasteiger partial charge < -0.3 is 10.4 Å². The molecule has 1 atom stereocenters. The predicted octanol–water partition coefficient (Wildman–Crippen LogP) is 4.76. The van der Waals surface area contributed by atoms with Crippen LogP contribution in [0.1, 0.15) is 56.2 Å². The first-order valence-corrected chi connectivity index (χ1v) is 8.82. The highest BCUT2D eigenvalue weighted by molar-refractivity contribution is 5.76. The summed E-state index contributed by atoms with van der Waals surface area (Å²) in [4.78, 5) is 12.4. The smallest absolute Gasteiger partial charge is 0.220 e. The van der Waals surface area contributed by atoms with Crippen molar-refractivity contribution in [1.82, 2.24) is 5.32 Å². The Balaban J connectivity index is 1.92. The maximum Gasteiger partial charge on any atom is 0.220 e. The number of hydrogen-bond donors (Lipinski definition) is 2. The Hall–Kier alpha value is -2.29. The van der Waals surface area contributed by atoms with Crippen molar-refractivity contribution >= 4 is 5.91 Å². The van der Waals surface area contributed by atoms with E-state index in [1.807, 2.05) is 30.3 Å². The zero-order valence-corrected chi connectivity index (χ0v) is 14.4. The maximum atomic E-state index is 12.4. The summed E-state index contributed by atoms with van der Waals surface area (Å²) in [6, 6.07) is 17.4. The molecule has 2 aromatic carbocycles. The Morgan fingerprint density at radius 1 is 1.04 bits per heavy atom. The number of carbonyl (C=O) groups excluding carboxylic acids is 1. The SMILES string of the molecule is CCCCCC(NC(=O)CCc1ccccc1O)c1ccccc1. The summed E-state index contributed by atoms with van der Waals surface area (Å²) < 4.78 is 0. The Morgan fingerprint density at radius 3 is 2.46 bits per heavy atom. The largest absolute Gasteiger partial charge is 0.508 e. The van der Waals surface area contributed by atoms with Crippen molar-refractivity contribution in [3.63, 3.8) is 0 Å². The lowest BCUT2D eigenvalue weighted by Crippen LogP contribution is -2.28. The van der Waals surface area contributed by atoms with Crippen molar-refractivity contribution in [2.75, 3.05) is 0 Å². The van der Waals surface area contributed by atoms with Crippen molar-refractivity contribution < 1.29 is 9.90 Å². The summed E-state index contributed by atoms with van der Waals surface area (Å²) in [5, 5.41) is 13.0. The first-order valence-electron chi connectivity index (χ1n) is 8.82. The van der Waals surface area contributed by atoms with Crippen LogP contribution in [0.15, 0.2) is 54.6 Å². The van der Waals surface area contributed by atoms with E-state index >= 15 is 0 Å². The molecule has 2 aromatic rings. The van der Waals surface area contributed by atoms with E-state index in [1.54, 1.807) is 12.1 Å². The second-order valence-electron chi connectivity index (χ2n) is 6.16. The predicted molar refractivity (Wildman–Crippen MR) is 97.9 cm³/mol. The van der Waals surface area contributed by atoms with Crippen LogP contribution in [0, 0.1) is 0 Å². The molecule has 0 bridgehead atoms. The quantitative estimate of drug-likeness (QED) is 0.653. The Morgan fingerprint density at radius 2 is 1.75 bits per heavy atom. The molecule has 0 saturated heterocycles. The molecular weight excluding hydrogens is 298 g/mol. The number of hydrogen-bond acceptors (Lipinski definition) is 2. The lowest BCUT2D eigenvalue weighted by molar-refractivity contribution is -0.121. The van der Waals surface area contributed by atoms with Gasteiger partial charge in [-0.05, 0) is 30.0 Å². The van der Waals surface area contributed by atoms with Crippen LogP contribution in [-0.2, 0) is 11.2 Å². The molecule has 0 fully saturated rings. The Bertz CT molecular complexity index is 625. The molecule has 0 aliphatic heterocycles. The molecular formula is C21H27NO2. The molecule has 0 radical (unpaired) electrons. The first-order chi connectivity index (χ1) is 11.7. The topological polar surface area (TPSA) is 49.3 Å². The normalized spacial score (nSPS) is 11.9. The van der Waals surface area contributed by atoms with Gasteiger partial charge in [0.25, 0.3) is 0 Å². The van der Waals surface area contributed by atoms with E-state index in [2.05, 4.69) is 24.4 Å². The standard InChI is InChI=1S/C21H27NO2/c1-2-3-5-13-19(17-10-6-4-7-11-17)22-21(24)16-15-18-12-8-9-14-20(18)23/h4,6-12,14,19,23H,2-3,5,13,15-16H2,1H3,(H,22,24). The van der Waals surface area contributed by atoms with Gasteiger partial charge in [0, 0.05) is 6.42 Å². The van der Waals surface area contributed by atoms with E-state index in [0.29, 0.717) is 12.8 Å². The van der Waals surface area contributed by atoms with E-state index in [-0.39, 0.29) is 17.7 Å². The fraction of sp³-hybridized carbons (Fsp3) is 0.381. The molecule has 0 aliphatic carbocycles. The summed E-state index contributed by atoms with van der Waals surface area (Å²) in [6.45, 7) is 2.18. The van der Waals surface area contributed by atoms with E-state index in [9.17, 15) is 9.90 Å². The van der Waals surface area contributed by atoms with Gasteiger partial charge in [-0.2, -0.15) is 0 Å². The minimum atomic E-state index is 0.0311. The van der Waals surface area contributed by atoms with Gasteiger partial charge in [0.2, 0.25) is 5.91 Å². The second kappa shape index (κ2) is 9.76.